The van der Waals surface area contributed by atoms with Gasteiger partial charge in [0.25, 0.3) is 0 Å². The number of fused-ring (bicyclic) bond motifs is 1. The summed E-state index contributed by atoms with van der Waals surface area (Å²) in [4.78, 5) is 9.80. The molecule has 1 N–H and O–H groups in total. The van der Waals surface area contributed by atoms with Gasteiger partial charge in [0.05, 0.1) is 22.1 Å². The van der Waals surface area contributed by atoms with Gasteiger partial charge in [0.2, 0.25) is 10.0 Å². The molecule has 13 heteroatoms. The Bertz CT molecular complexity index is 1210. The Morgan fingerprint density at radius 3 is 2.17 bits per heavy atom. The number of benzene rings is 2. The van der Waals surface area contributed by atoms with Crippen molar-refractivity contribution in [3.8, 4) is 5.75 Å². The highest BCUT2D eigenvalue weighted by atomic mass is 32.2. The first-order valence-corrected chi connectivity index (χ1v) is 11.7. The lowest BCUT2D eigenvalue weighted by atomic mass is 9.86. The van der Waals surface area contributed by atoms with Crippen LogP contribution in [0.1, 0.15) is 46.7 Å². The summed E-state index contributed by atoms with van der Waals surface area (Å²) >= 11 is 0. The van der Waals surface area contributed by atoms with Gasteiger partial charge in [-0.2, -0.15) is 30.6 Å². The molecule has 2 aromatic rings. The summed E-state index contributed by atoms with van der Waals surface area (Å²) in [6.45, 7) is 1.03. The van der Waals surface area contributed by atoms with Crippen LogP contribution in [0.5, 0.6) is 5.75 Å². The van der Waals surface area contributed by atoms with Crippen LogP contribution in [0.2, 0.25) is 0 Å². The molecule has 3 rings (SSSR count). The minimum absolute atomic E-state index is 0.135. The molecule has 0 heterocycles. The van der Waals surface area contributed by atoms with Crippen molar-refractivity contribution in [1.82, 2.24) is 4.31 Å². The number of carbonyl (C=O) groups is 1. The van der Waals surface area contributed by atoms with Crippen LogP contribution in [-0.4, -0.2) is 37.5 Å². The largest absolute Gasteiger partial charge is 0.481 e. The second-order valence-electron chi connectivity index (χ2n) is 8.13. The first-order chi connectivity index (χ1) is 16.0. The zero-order valence-electron chi connectivity index (χ0n) is 18.5. The van der Waals surface area contributed by atoms with Gasteiger partial charge < -0.3 is 9.84 Å². The van der Waals surface area contributed by atoms with Gasteiger partial charge in [-0.3, -0.25) is 0 Å². The second-order valence-corrected chi connectivity index (χ2v) is 10.1. The smallest absolute Gasteiger partial charge is 0.416 e. The summed E-state index contributed by atoms with van der Waals surface area (Å²) < 4.78 is 112. The second kappa shape index (κ2) is 9.34. The molecule has 1 aliphatic rings. The molecule has 2 aromatic carbocycles. The normalized spacial score (nSPS) is 16.8. The van der Waals surface area contributed by atoms with Crippen LogP contribution in [0, 0.1) is 6.92 Å². The van der Waals surface area contributed by atoms with Crippen LogP contribution < -0.4 is 4.74 Å². The van der Waals surface area contributed by atoms with Crippen molar-refractivity contribution in [3.63, 3.8) is 0 Å². The van der Waals surface area contributed by atoms with Gasteiger partial charge in [0, 0.05) is 7.05 Å². The van der Waals surface area contributed by atoms with Gasteiger partial charge in [0.1, 0.15) is 5.75 Å². The third-order valence-corrected chi connectivity index (χ3v) is 7.62. The molecular weight excluding hydrogens is 504 g/mol. The van der Waals surface area contributed by atoms with E-state index in [-0.39, 0.29) is 30.4 Å². The van der Waals surface area contributed by atoms with Gasteiger partial charge >= 0.3 is 18.3 Å². The summed E-state index contributed by atoms with van der Waals surface area (Å²) in [5.41, 5.74) is -1.88. The molecule has 1 unspecified atom stereocenters. The number of aryl methyl sites for hydroxylation is 1. The van der Waals surface area contributed by atoms with Crippen LogP contribution in [0.15, 0.2) is 35.2 Å². The Morgan fingerprint density at radius 1 is 1.09 bits per heavy atom. The maximum atomic E-state index is 13.3. The number of sulfonamides is 1. The van der Waals surface area contributed by atoms with Crippen LogP contribution in [0.4, 0.5) is 26.3 Å². The van der Waals surface area contributed by atoms with E-state index in [0.717, 1.165) is 11.4 Å². The van der Waals surface area contributed by atoms with Gasteiger partial charge in [-0.05, 0) is 61.1 Å². The minimum atomic E-state index is -5.20. The van der Waals surface area contributed by atoms with Gasteiger partial charge in [-0.15, -0.1) is 0 Å². The molecule has 0 saturated heterocycles. The zero-order chi connectivity index (χ0) is 26.3. The van der Waals surface area contributed by atoms with E-state index in [1.54, 1.807) is 19.1 Å². The molecule has 0 saturated carbocycles. The predicted molar refractivity (Wildman–Crippen MR) is 111 cm³/mol. The van der Waals surface area contributed by atoms with Crippen molar-refractivity contribution in [3.05, 3.63) is 58.1 Å². The molecule has 0 aliphatic heterocycles. The van der Waals surface area contributed by atoms with E-state index in [2.05, 4.69) is 0 Å². The summed E-state index contributed by atoms with van der Waals surface area (Å²) in [5.74, 6) is -0.960. The van der Waals surface area contributed by atoms with E-state index in [1.165, 1.54) is 0 Å². The summed E-state index contributed by atoms with van der Waals surface area (Å²) in [5, 5.41) is 8.93. The molecule has 0 aromatic heterocycles. The third-order valence-electron chi connectivity index (χ3n) is 5.77. The number of hydrogen-bond acceptors (Lipinski definition) is 4. The third kappa shape index (κ3) is 5.56. The van der Waals surface area contributed by atoms with Crippen LogP contribution in [0.25, 0.3) is 0 Å². The zero-order valence-corrected chi connectivity index (χ0v) is 19.3. The first kappa shape index (κ1) is 26.8. The quantitative estimate of drug-likeness (QED) is 0.525. The molecule has 6 nitrogen and oxygen atoms in total. The average molecular weight is 525 g/mol. The van der Waals surface area contributed by atoms with Crippen LogP contribution in [-0.2, 0) is 33.6 Å². The minimum Gasteiger partial charge on any atom is -0.481 e. The monoisotopic (exact) mass is 525 g/mol. The highest BCUT2D eigenvalue weighted by Gasteiger charge is 2.40. The Kier molecular flexibility index (Phi) is 7.15. The van der Waals surface area contributed by atoms with Crippen molar-refractivity contribution in [1.29, 1.82) is 0 Å². The molecule has 0 amide bonds. The number of halogens is 6. The van der Waals surface area contributed by atoms with Crippen molar-refractivity contribution in [2.24, 2.45) is 0 Å². The van der Waals surface area contributed by atoms with Crippen molar-refractivity contribution < 1.29 is 49.4 Å². The summed E-state index contributed by atoms with van der Waals surface area (Å²) in [6.07, 6.45) is -9.29. The lowest BCUT2D eigenvalue weighted by Gasteiger charge is -2.34. The topological polar surface area (TPSA) is 83.9 Å². The maximum Gasteiger partial charge on any atom is 0.416 e. The van der Waals surface area contributed by atoms with Crippen molar-refractivity contribution in [2.75, 3.05) is 13.7 Å². The Labute approximate surface area is 197 Å². The number of aliphatic carboxylic acids is 1. The van der Waals surface area contributed by atoms with E-state index in [1.807, 2.05) is 0 Å². The number of nitrogens with zero attached hydrogens (tertiary/aromatic N) is 1. The van der Waals surface area contributed by atoms with Crippen molar-refractivity contribution >= 4 is 16.0 Å². The van der Waals surface area contributed by atoms with E-state index >= 15 is 0 Å². The Morgan fingerprint density at radius 2 is 1.66 bits per heavy atom. The lowest BCUT2D eigenvalue weighted by Crippen LogP contribution is -2.34. The van der Waals surface area contributed by atoms with Gasteiger partial charge in [-0.1, -0.05) is 12.1 Å². The number of carboxylic acids is 1. The van der Waals surface area contributed by atoms with Gasteiger partial charge in [-0.25, -0.2) is 13.2 Å². The number of hydrogen-bond donors (Lipinski definition) is 1. The molecule has 0 radical (unpaired) electrons. The fraction of sp³-hybridized carbons (Fsp3) is 0.409. The van der Waals surface area contributed by atoms with E-state index in [4.69, 9.17) is 9.84 Å². The molecule has 1 atom stereocenters. The van der Waals surface area contributed by atoms with E-state index in [0.29, 0.717) is 29.5 Å². The van der Waals surface area contributed by atoms with Crippen LogP contribution in [0.3, 0.4) is 0 Å². The highest BCUT2D eigenvalue weighted by molar-refractivity contribution is 7.89. The molecule has 1 aliphatic carbocycles. The fourth-order valence-corrected chi connectivity index (χ4v) is 5.52. The molecule has 192 valence electrons. The highest BCUT2D eigenvalue weighted by Crippen LogP contribution is 2.43. The molecule has 0 fully saturated rings. The number of carboxylic acid groups (broad SMARTS) is 1. The molecule has 0 spiro atoms. The standard InChI is InChI=1S/C22H21F6NO5S/c1-12-6-7-16-17(20(12)34-11-19(30)31)4-3-5-18(16)29(2)35(32,33)15-9-13(21(23,24)25)8-14(10-15)22(26,27)28/h6-10,18H,3-5,11H2,1-2H3,(H,30,31). The van der Waals surface area contributed by atoms with Crippen LogP contribution >= 0.6 is 0 Å². The predicted octanol–water partition coefficient (Wildman–Crippen LogP) is 5.19. The fourth-order valence-electron chi connectivity index (χ4n) is 4.08. The number of rotatable bonds is 6. The summed E-state index contributed by atoms with van der Waals surface area (Å²) in [7, 11) is -3.71. The Balaban J connectivity index is 2.09. The van der Waals surface area contributed by atoms with Crippen molar-refractivity contribution in [2.45, 2.75) is 49.5 Å². The summed E-state index contributed by atoms with van der Waals surface area (Å²) in [6, 6.07) is 2.50. The van der Waals surface area contributed by atoms with E-state index < -0.39 is 57.0 Å². The number of ether oxygens (including phenoxy) is 1. The van der Waals surface area contributed by atoms with Gasteiger partial charge in [0.15, 0.2) is 6.61 Å². The molecule has 35 heavy (non-hydrogen) atoms. The van der Waals surface area contributed by atoms with E-state index in [9.17, 15) is 39.6 Å². The molecular formula is C22H21F6NO5S. The maximum absolute atomic E-state index is 13.3. The number of alkyl halides is 6. The molecule has 0 bridgehead atoms. The first-order valence-electron chi connectivity index (χ1n) is 10.3. The average Bonchev–Trinajstić information content (AvgIpc) is 2.75. The Hall–Kier alpha value is -2.80. The lowest BCUT2D eigenvalue weighted by molar-refractivity contribution is -0.143. The SMILES string of the molecule is Cc1ccc2c(c1OCC(=O)O)CCCC2N(C)S(=O)(=O)c1cc(C(F)(F)F)cc(C(F)(F)F)c1.